The number of halogens is 1. The van der Waals surface area contributed by atoms with Crippen molar-refractivity contribution < 1.29 is 19.0 Å². The SMILES string of the molecule is Cc1ccc(C(CO)NC(=O)Oc2cc(-c3nc(Nc4ccccc4)ncc3C)c[nH]2)cc1F. The van der Waals surface area contributed by atoms with Gasteiger partial charge in [-0.3, -0.25) is 0 Å². The van der Waals surface area contributed by atoms with Crippen LogP contribution in [0.25, 0.3) is 11.3 Å². The minimum Gasteiger partial charge on any atom is -0.394 e. The Labute approximate surface area is 195 Å². The first-order valence-electron chi connectivity index (χ1n) is 10.6. The van der Waals surface area contributed by atoms with Crippen LogP contribution < -0.4 is 15.4 Å². The van der Waals surface area contributed by atoms with E-state index < -0.39 is 24.6 Å². The molecule has 0 saturated carbocycles. The number of nitrogens with one attached hydrogen (secondary N) is 3. The van der Waals surface area contributed by atoms with Gasteiger partial charge in [0, 0.05) is 29.7 Å². The number of para-hydroxylation sites is 1. The first-order valence-corrected chi connectivity index (χ1v) is 10.6. The van der Waals surface area contributed by atoms with E-state index in [1.807, 2.05) is 37.3 Å². The van der Waals surface area contributed by atoms with Crippen molar-refractivity contribution in [3.8, 4) is 17.1 Å². The molecule has 1 unspecified atom stereocenters. The molecular weight excluding hydrogens is 437 g/mol. The van der Waals surface area contributed by atoms with E-state index in [0.717, 1.165) is 11.3 Å². The number of aryl methyl sites for hydroxylation is 2. The third-order valence-corrected chi connectivity index (χ3v) is 5.21. The normalized spacial score (nSPS) is 11.6. The first-order chi connectivity index (χ1) is 16.4. The van der Waals surface area contributed by atoms with E-state index in [-0.39, 0.29) is 5.88 Å². The zero-order valence-corrected chi connectivity index (χ0v) is 18.7. The number of carbonyl (C=O) groups is 1. The molecule has 4 rings (SSSR count). The van der Waals surface area contributed by atoms with Gasteiger partial charge in [-0.05, 0) is 48.7 Å². The quantitative estimate of drug-likeness (QED) is 0.315. The Hall–Kier alpha value is -4.24. The zero-order chi connectivity index (χ0) is 24.1. The zero-order valence-electron chi connectivity index (χ0n) is 18.7. The Balaban J connectivity index is 1.45. The number of carbonyl (C=O) groups excluding carboxylic acids is 1. The second-order valence-corrected chi connectivity index (χ2v) is 7.75. The van der Waals surface area contributed by atoms with Crippen LogP contribution in [0.3, 0.4) is 0 Å². The number of anilines is 2. The van der Waals surface area contributed by atoms with Crippen LogP contribution >= 0.6 is 0 Å². The van der Waals surface area contributed by atoms with Crippen LogP contribution in [0.2, 0.25) is 0 Å². The molecule has 2 aromatic heterocycles. The number of aromatic amines is 1. The Morgan fingerprint density at radius 3 is 2.68 bits per heavy atom. The number of aromatic nitrogens is 3. The van der Waals surface area contributed by atoms with Gasteiger partial charge in [0.05, 0.1) is 18.3 Å². The molecule has 174 valence electrons. The molecule has 0 aliphatic heterocycles. The summed E-state index contributed by atoms with van der Waals surface area (Å²) in [5.74, 6) is 0.209. The first kappa shape index (κ1) is 22.9. The fourth-order valence-electron chi connectivity index (χ4n) is 3.35. The van der Waals surface area contributed by atoms with Gasteiger partial charge in [-0.15, -0.1) is 0 Å². The maximum Gasteiger partial charge on any atom is 0.414 e. The minimum absolute atomic E-state index is 0.190. The van der Waals surface area contributed by atoms with E-state index >= 15 is 0 Å². The van der Waals surface area contributed by atoms with Gasteiger partial charge in [0.15, 0.2) is 0 Å². The second-order valence-electron chi connectivity index (χ2n) is 7.75. The van der Waals surface area contributed by atoms with Crippen LogP contribution in [0, 0.1) is 19.7 Å². The topological polar surface area (TPSA) is 112 Å². The van der Waals surface area contributed by atoms with Crippen LogP contribution in [0.5, 0.6) is 5.88 Å². The summed E-state index contributed by atoms with van der Waals surface area (Å²) in [5, 5.41) is 15.3. The van der Waals surface area contributed by atoms with Crippen molar-refractivity contribution >= 4 is 17.7 Å². The van der Waals surface area contributed by atoms with Crippen LogP contribution in [0.1, 0.15) is 22.7 Å². The molecule has 9 heteroatoms. The Morgan fingerprint density at radius 2 is 1.94 bits per heavy atom. The predicted molar refractivity (Wildman–Crippen MR) is 126 cm³/mol. The highest BCUT2D eigenvalue weighted by Crippen LogP contribution is 2.26. The molecule has 34 heavy (non-hydrogen) atoms. The van der Waals surface area contributed by atoms with Crippen LogP contribution in [-0.2, 0) is 0 Å². The number of rotatable bonds is 7. The molecule has 0 radical (unpaired) electrons. The molecule has 4 N–H and O–H groups in total. The maximum atomic E-state index is 13.9. The Morgan fingerprint density at radius 1 is 1.15 bits per heavy atom. The van der Waals surface area contributed by atoms with Crippen molar-refractivity contribution in [1.29, 1.82) is 0 Å². The molecule has 1 amide bonds. The van der Waals surface area contributed by atoms with Crippen molar-refractivity contribution in [3.63, 3.8) is 0 Å². The number of hydrogen-bond acceptors (Lipinski definition) is 6. The third kappa shape index (κ3) is 5.38. The molecule has 2 aromatic carbocycles. The summed E-state index contributed by atoms with van der Waals surface area (Å²) in [6, 6.07) is 14.9. The van der Waals surface area contributed by atoms with Gasteiger partial charge >= 0.3 is 6.09 Å². The smallest absolute Gasteiger partial charge is 0.394 e. The van der Waals surface area contributed by atoms with E-state index in [4.69, 9.17) is 4.74 Å². The number of H-pyrrole nitrogens is 1. The number of aliphatic hydroxyl groups is 1. The monoisotopic (exact) mass is 461 g/mol. The standard InChI is InChI=1S/C25H24FN5O3/c1-15-8-9-17(10-20(15)26)21(14-32)30-25(33)34-22-11-18(13-27-22)23-16(2)12-28-24(31-23)29-19-6-4-3-5-7-19/h3-13,21,27,32H,14H2,1-2H3,(H,30,33)(H,28,29,31). The summed E-state index contributed by atoms with van der Waals surface area (Å²) in [6.07, 6.45) is 2.59. The van der Waals surface area contributed by atoms with Crippen LogP contribution in [-0.4, -0.2) is 32.8 Å². The molecule has 8 nitrogen and oxygen atoms in total. The molecule has 0 aliphatic rings. The van der Waals surface area contributed by atoms with Gasteiger partial charge in [0.2, 0.25) is 11.8 Å². The van der Waals surface area contributed by atoms with E-state index in [2.05, 4.69) is 25.6 Å². The molecule has 4 aromatic rings. The van der Waals surface area contributed by atoms with E-state index in [1.165, 1.54) is 6.07 Å². The lowest BCUT2D eigenvalue weighted by atomic mass is 10.1. The molecule has 2 heterocycles. The predicted octanol–water partition coefficient (Wildman–Crippen LogP) is 4.79. The molecule has 0 saturated heterocycles. The van der Waals surface area contributed by atoms with Crippen molar-refractivity contribution in [1.82, 2.24) is 20.3 Å². The van der Waals surface area contributed by atoms with Crippen molar-refractivity contribution in [2.75, 3.05) is 11.9 Å². The maximum absolute atomic E-state index is 13.9. The third-order valence-electron chi connectivity index (χ3n) is 5.21. The van der Waals surface area contributed by atoms with Crippen molar-refractivity contribution in [2.24, 2.45) is 0 Å². The average molecular weight is 461 g/mol. The summed E-state index contributed by atoms with van der Waals surface area (Å²) in [6.45, 7) is 3.11. The van der Waals surface area contributed by atoms with Gasteiger partial charge in [0.25, 0.3) is 0 Å². The van der Waals surface area contributed by atoms with Crippen LogP contribution in [0.15, 0.2) is 67.0 Å². The number of amides is 1. The summed E-state index contributed by atoms with van der Waals surface area (Å²) in [5.41, 5.74) is 3.99. The lowest BCUT2D eigenvalue weighted by Crippen LogP contribution is -2.33. The molecule has 0 bridgehead atoms. The average Bonchev–Trinajstić information content (AvgIpc) is 3.29. The molecule has 0 spiro atoms. The largest absolute Gasteiger partial charge is 0.414 e. The van der Waals surface area contributed by atoms with E-state index in [9.17, 15) is 14.3 Å². The number of benzene rings is 2. The lowest BCUT2D eigenvalue weighted by molar-refractivity contribution is 0.181. The molecular formula is C25H24FN5O3. The minimum atomic E-state index is -0.812. The Bertz CT molecular complexity index is 1290. The fourth-order valence-corrected chi connectivity index (χ4v) is 3.35. The number of aliphatic hydroxyl groups excluding tert-OH is 1. The molecule has 0 aliphatic carbocycles. The number of ether oxygens (including phenoxy) is 1. The molecule has 0 fully saturated rings. The highest BCUT2D eigenvalue weighted by molar-refractivity contribution is 5.72. The second kappa shape index (κ2) is 10.1. The van der Waals surface area contributed by atoms with Crippen molar-refractivity contribution in [2.45, 2.75) is 19.9 Å². The van der Waals surface area contributed by atoms with Gasteiger partial charge in [-0.2, -0.15) is 0 Å². The summed E-state index contributed by atoms with van der Waals surface area (Å²) in [7, 11) is 0. The van der Waals surface area contributed by atoms with Crippen LogP contribution in [0.4, 0.5) is 20.8 Å². The van der Waals surface area contributed by atoms with E-state index in [1.54, 1.807) is 37.5 Å². The highest BCUT2D eigenvalue weighted by Gasteiger charge is 2.18. The van der Waals surface area contributed by atoms with Crippen molar-refractivity contribution in [3.05, 3.63) is 89.5 Å². The number of hydrogen-bond donors (Lipinski definition) is 4. The number of nitrogens with zero attached hydrogens (tertiary/aromatic N) is 2. The summed E-state index contributed by atoms with van der Waals surface area (Å²) in [4.78, 5) is 24.2. The highest BCUT2D eigenvalue weighted by atomic mass is 19.1. The lowest BCUT2D eigenvalue weighted by Gasteiger charge is -2.16. The van der Waals surface area contributed by atoms with Gasteiger partial charge in [-0.1, -0.05) is 30.3 Å². The molecule has 1 atom stereocenters. The van der Waals surface area contributed by atoms with E-state index in [0.29, 0.717) is 28.3 Å². The van der Waals surface area contributed by atoms with Gasteiger partial charge in [0.1, 0.15) is 5.82 Å². The Kier molecular flexibility index (Phi) is 6.84. The summed E-state index contributed by atoms with van der Waals surface area (Å²) < 4.78 is 19.2. The fraction of sp³-hybridized carbons (Fsp3) is 0.160. The van der Waals surface area contributed by atoms with Gasteiger partial charge in [-0.25, -0.2) is 19.2 Å². The van der Waals surface area contributed by atoms with Gasteiger partial charge < -0.3 is 25.5 Å². The summed E-state index contributed by atoms with van der Waals surface area (Å²) >= 11 is 0.